The van der Waals surface area contributed by atoms with Gasteiger partial charge >= 0.3 is 37.7 Å². The van der Waals surface area contributed by atoms with Gasteiger partial charge < -0.3 is 35.3 Å². The Kier molecular flexibility index (Phi) is 12.1. The van der Waals surface area contributed by atoms with Crippen molar-refractivity contribution in [3.8, 4) is 5.75 Å². The van der Waals surface area contributed by atoms with Crippen LogP contribution in [-0.4, -0.2) is 54.2 Å². The van der Waals surface area contributed by atoms with Gasteiger partial charge in [-0.1, -0.05) is 36.4 Å². The molecule has 102 valence electrons. The van der Waals surface area contributed by atoms with Crippen LogP contribution in [0.3, 0.4) is 0 Å². The van der Waals surface area contributed by atoms with Crippen molar-refractivity contribution in [3.05, 3.63) is 42.5 Å². The molecule has 2 rings (SSSR count). The number of fused-ring (bicyclic) bond motifs is 1. The van der Waals surface area contributed by atoms with Gasteiger partial charge in [0.1, 0.15) is 13.6 Å². The van der Waals surface area contributed by atoms with Gasteiger partial charge in [-0.05, 0) is 11.5 Å². The molecule has 0 saturated heterocycles. The number of phosphoric ester groups is 1. The van der Waals surface area contributed by atoms with Gasteiger partial charge in [-0.2, -0.15) is 0 Å². The van der Waals surface area contributed by atoms with Crippen LogP contribution in [0, 0.1) is 0 Å². The Morgan fingerprint density at radius 1 is 0.895 bits per heavy atom. The van der Waals surface area contributed by atoms with Crippen LogP contribution in [-0.2, 0) is 4.57 Å². The zero-order valence-corrected chi connectivity index (χ0v) is 12.9. The molecule has 0 aliphatic heterocycles. The molecule has 0 heterocycles. The SMILES string of the molecule is O.O.O.O=P([O-])([O-])Oc1cccc2ccccc12.[Ca+2]. The largest absolute Gasteiger partial charge is 2.00 e. The van der Waals surface area contributed by atoms with E-state index in [2.05, 4.69) is 4.52 Å². The zero-order chi connectivity index (χ0) is 10.9. The van der Waals surface area contributed by atoms with E-state index in [1.165, 1.54) is 6.07 Å². The summed E-state index contributed by atoms with van der Waals surface area (Å²) in [7, 11) is -4.99. The van der Waals surface area contributed by atoms with Gasteiger partial charge in [-0.25, -0.2) is 0 Å². The third kappa shape index (κ3) is 6.67. The van der Waals surface area contributed by atoms with Gasteiger partial charge in [-0.3, -0.25) is 0 Å². The van der Waals surface area contributed by atoms with E-state index >= 15 is 0 Å². The summed E-state index contributed by atoms with van der Waals surface area (Å²) in [6, 6.07) is 12.0. The number of benzene rings is 2. The zero-order valence-electron chi connectivity index (χ0n) is 9.83. The van der Waals surface area contributed by atoms with Gasteiger partial charge in [0.25, 0.3) is 0 Å². The number of hydrogen-bond acceptors (Lipinski definition) is 4. The molecule has 19 heavy (non-hydrogen) atoms. The molecule has 6 N–H and O–H groups in total. The summed E-state index contributed by atoms with van der Waals surface area (Å²) in [5, 5.41) is 1.43. The quantitative estimate of drug-likeness (QED) is 0.470. The normalized spacial score (nSPS) is 9.16. The molecule has 0 amide bonds. The Morgan fingerprint density at radius 2 is 1.42 bits per heavy atom. The number of hydrogen-bond donors (Lipinski definition) is 0. The van der Waals surface area contributed by atoms with E-state index in [-0.39, 0.29) is 59.9 Å². The summed E-state index contributed by atoms with van der Waals surface area (Å²) in [6.45, 7) is 0. The van der Waals surface area contributed by atoms with Gasteiger partial charge in [-0.15, -0.1) is 0 Å². The maximum Gasteiger partial charge on any atom is 2.00 e. The Hall–Kier alpha value is -0.210. The predicted molar refractivity (Wildman–Crippen MR) is 68.8 cm³/mol. The summed E-state index contributed by atoms with van der Waals surface area (Å²) < 4.78 is 14.9. The fourth-order valence-corrected chi connectivity index (χ4v) is 1.80. The van der Waals surface area contributed by atoms with E-state index in [0.29, 0.717) is 5.39 Å². The van der Waals surface area contributed by atoms with Crippen LogP contribution < -0.4 is 14.3 Å². The summed E-state index contributed by atoms with van der Waals surface area (Å²) in [6.07, 6.45) is 0. The first-order valence-corrected chi connectivity index (χ1v) is 5.72. The van der Waals surface area contributed by atoms with Crippen LogP contribution in [0.25, 0.3) is 10.8 Å². The van der Waals surface area contributed by atoms with Crippen molar-refractivity contribution in [2.24, 2.45) is 0 Å². The van der Waals surface area contributed by atoms with Crippen LogP contribution in [0.5, 0.6) is 5.75 Å². The second-order valence-electron chi connectivity index (χ2n) is 3.02. The topological polar surface area (TPSA) is 167 Å². The van der Waals surface area contributed by atoms with E-state index in [9.17, 15) is 14.4 Å². The first kappa shape index (κ1) is 23.9. The van der Waals surface area contributed by atoms with Crippen LogP contribution in [0.2, 0.25) is 0 Å². The third-order valence-electron chi connectivity index (χ3n) is 1.96. The minimum absolute atomic E-state index is 0. The predicted octanol–water partition coefficient (Wildman–Crippen LogP) is -1.81. The fraction of sp³-hybridized carbons (Fsp3) is 0. The van der Waals surface area contributed by atoms with Crippen molar-refractivity contribution < 1.29 is 35.3 Å². The standard InChI is InChI=1S/C10H9O4P.Ca.3H2O/c11-15(12,13)14-10-7-3-5-8-4-1-2-6-9(8)10;;;;/h1-7H,(H2,11,12,13);;3*1H2/q;+2;;;/p-2. The molecular weight excluding hydrogens is 303 g/mol. The van der Waals surface area contributed by atoms with Crippen molar-refractivity contribution in [1.82, 2.24) is 0 Å². The van der Waals surface area contributed by atoms with Gasteiger partial charge in [0.05, 0.1) is 0 Å². The summed E-state index contributed by atoms with van der Waals surface area (Å²) in [5.74, 6) is 0.0708. The maximum atomic E-state index is 10.5. The molecule has 0 spiro atoms. The molecule has 0 fully saturated rings. The molecule has 2 aromatic carbocycles. The summed E-state index contributed by atoms with van der Waals surface area (Å²) in [4.78, 5) is 21.0. The van der Waals surface area contributed by atoms with Gasteiger partial charge in [0.2, 0.25) is 0 Å². The molecule has 0 aromatic heterocycles. The van der Waals surface area contributed by atoms with Crippen LogP contribution in [0.4, 0.5) is 0 Å². The maximum absolute atomic E-state index is 10.5. The number of rotatable bonds is 2. The Bertz CT molecular complexity index is 537. The fourth-order valence-electron chi connectivity index (χ4n) is 1.40. The molecule has 0 bridgehead atoms. The van der Waals surface area contributed by atoms with Gasteiger partial charge in [0, 0.05) is 5.39 Å². The van der Waals surface area contributed by atoms with Crippen molar-refractivity contribution in [2.45, 2.75) is 0 Å². The van der Waals surface area contributed by atoms with E-state index in [4.69, 9.17) is 0 Å². The van der Waals surface area contributed by atoms with Crippen LogP contribution in [0.1, 0.15) is 0 Å². The summed E-state index contributed by atoms with van der Waals surface area (Å²) >= 11 is 0. The second-order valence-corrected chi connectivity index (χ2v) is 4.09. The molecule has 0 aliphatic carbocycles. The molecule has 0 radical (unpaired) electrons. The minimum Gasteiger partial charge on any atom is -0.780 e. The molecule has 7 nitrogen and oxygen atoms in total. The van der Waals surface area contributed by atoms with Gasteiger partial charge in [0.15, 0.2) is 0 Å². The smallest absolute Gasteiger partial charge is 0.780 e. The van der Waals surface area contributed by atoms with E-state index in [0.717, 1.165) is 5.39 Å². The molecule has 9 heteroatoms. The van der Waals surface area contributed by atoms with E-state index in [1.54, 1.807) is 18.2 Å². The first-order chi connectivity index (χ1) is 7.06. The third-order valence-corrected chi connectivity index (χ3v) is 2.38. The average molecular weight is 316 g/mol. The van der Waals surface area contributed by atoms with Crippen molar-refractivity contribution in [2.75, 3.05) is 0 Å². The average Bonchev–Trinajstić information content (AvgIpc) is 2.16. The second kappa shape index (κ2) is 9.66. The van der Waals surface area contributed by atoms with E-state index < -0.39 is 7.82 Å². The monoisotopic (exact) mass is 316 g/mol. The number of phosphoric acid groups is 1. The first-order valence-electron chi connectivity index (χ1n) is 4.26. The molecule has 0 aliphatic rings. The van der Waals surface area contributed by atoms with Crippen molar-refractivity contribution in [1.29, 1.82) is 0 Å². The van der Waals surface area contributed by atoms with Crippen LogP contribution >= 0.6 is 7.82 Å². The molecule has 0 saturated carbocycles. The van der Waals surface area contributed by atoms with Crippen LogP contribution in [0.15, 0.2) is 42.5 Å². The molecule has 0 unspecified atom stereocenters. The molecule has 2 aromatic rings. The Balaban J connectivity index is -0.000000640. The van der Waals surface area contributed by atoms with E-state index in [1.807, 2.05) is 18.2 Å². The summed E-state index contributed by atoms with van der Waals surface area (Å²) in [5.41, 5.74) is 0. The Morgan fingerprint density at radius 3 is 2.00 bits per heavy atom. The minimum atomic E-state index is -4.99. The molecular formula is C10H13CaO7P. The Labute approximate surface area is 139 Å². The van der Waals surface area contributed by atoms with Crippen molar-refractivity contribution >= 4 is 56.3 Å². The molecule has 0 atom stereocenters. The van der Waals surface area contributed by atoms with Crippen molar-refractivity contribution in [3.63, 3.8) is 0 Å².